The van der Waals surface area contributed by atoms with Crippen LogP contribution < -0.4 is 10.1 Å². The van der Waals surface area contributed by atoms with Crippen molar-refractivity contribution in [3.05, 3.63) is 29.3 Å². The fourth-order valence-electron chi connectivity index (χ4n) is 2.64. The van der Waals surface area contributed by atoms with Gasteiger partial charge in [0.1, 0.15) is 5.75 Å². The van der Waals surface area contributed by atoms with Gasteiger partial charge in [-0.05, 0) is 48.9 Å². The zero-order valence-corrected chi connectivity index (χ0v) is 12.8. The maximum atomic E-state index is 6.14. The highest BCUT2D eigenvalue weighted by molar-refractivity contribution is 5.41. The van der Waals surface area contributed by atoms with Crippen LogP contribution in [0.2, 0.25) is 0 Å². The van der Waals surface area contributed by atoms with Crippen LogP contribution in [0.5, 0.6) is 5.75 Å². The van der Waals surface area contributed by atoms with Crippen LogP contribution in [0.3, 0.4) is 0 Å². The third-order valence-electron chi connectivity index (χ3n) is 3.82. The molecule has 1 aromatic rings. The SMILES string of the molecule is Cc1ccc(C(C)(C)C)c(OCC2CCCNC2)c1. The van der Waals surface area contributed by atoms with Crippen molar-refractivity contribution in [1.29, 1.82) is 0 Å². The first-order valence-electron chi connectivity index (χ1n) is 7.41. The van der Waals surface area contributed by atoms with E-state index in [2.05, 4.69) is 51.2 Å². The van der Waals surface area contributed by atoms with E-state index in [1.807, 2.05) is 0 Å². The summed E-state index contributed by atoms with van der Waals surface area (Å²) in [6.07, 6.45) is 2.55. The van der Waals surface area contributed by atoms with Gasteiger partial charge in [-0.3, -0.25) is 0 Å². The summed E-state index contributed by atoms with van der Waals surface area (Å²) in [5.74, 6) is 1.72. The van der Waals surface area contributed by atoms with Crippen LogP contribution in [-0.4, -0.2) is 19.7 Å². The van der Waals surface area contributed by atoms with Crippen molar-refractivity contribution in [2.24, 2.45) is 5.92 Å². The maximum Gasteiger partial charge on any atom is 0.123 e. The van der Waals surface area contributed by atoms with Crippen LogP contribution in [0.1, 0.15) is 44.7 Å². The minimum absolute atomic E-state index is 0.133. The molecule has 1 saturated heterocycles. The number of benzene rings is 1. The van der Waals surface area contributed by atoms with Crippen molar-refractivity contribution in [2.45, 2.75) is 46.0 Å². The zero-order chi connectivity index (χ0) is 13.9. The molecule has 19 heavy (non-hydrogen) atoms. The van der Waals surface area contributed by atoms with Gasteiger partial charge in [0.25, 0.3) is 0 Å². The second-order valence-corrected chi connectivity index (χ2v) is 6.77. The van der Waals surface area contributed by atoms with Crippen LogP contribution in [-0.2, 0) is 5.41 Å². The Balaban J connectivity index is 2.07. The third-order valence-corrected chi connectivity index (χ3v) is 3.82. The number of nitrogens with one attached hydrogen (secondary N) is 1. The highest BCUT2D eigenvalue weighted by Gasteiger charge is 2.20. The smallest absolute Gasteiger partial charge is 0.123 e. The maximum absolute atomic E-state index is 6.14. The topological polar surface area (TPSA) is 21.3 Å². The van der Waals surface area contributed by atoms with Gasteiger partial charge < -0.3 is 10.1 Å². The number of rotatable bonds is 3. The van der Waals surface area contributed by atoms with Gasteiger partial charge in [-0.1, -0.05) is 32.9 Å². The minimum Gasteiger partial charge on any atom is -0.493 e. The van der Waals surface area contributed by atoms with Crippen molar-refractivity contribution in [1.82, 2.24) is 5.32 Å². The summed E-state index contributed by atoms with van der Waals surface area (Å²) in [7, 11) is 0. The summed E-state index contributed by atoms with van der Waals surface area (Å²) in [5.41, 5.74) is 2.71. The molecule has 2 rings (SSSR count). The van der Waals surface area contributed by atoms with E-state index >= 15 is 0 Å². The lowest BCUT2D eigenvalue weighted by atomic mass is 9.86. The molecule has 0 aliphatic carbocycles. The number of ether oxygens (including phenoxy) is 1. The molecule has 0 amide bonds. The number of hydrogen-bond donors (Lipinski definition) is 1. The zero-order valence-electron chi connectivity index (χ0n) is 12.8. The lowest BCUT2D eigenvalue weighted by molar-refractivity contribution is 0.215. The van der Waals surface area contributed by atoms with E-state index in [4.69, 9.17) is 4.74 Å². The lowest BCUT2D eigenvalue weighted by Crippen LogP contribution is -2.33. The van der Waals surface area contributed by atoms with E-state index in [-0.39, 0.29) is 5.41 Å². The second kappa shape index (κ2) is 5.96. The Hall–Kier alpha value is -1.02. The molecule has 2 nitrogen and oxygen atoms in total. The Labute approximate surface area is 117 Å². The summed E-state index contributed by atoms with van der Waals surface area (Å²) >= 11 is 0. The molecule has 1 aliphatic rings. The molecule has 1 N–H and O–H groups in total. The van der Waals surface area contributed by atoms with Gasteiger partial charge in [-0.25, -0.2) is 0 Å². The average Bonchev–Trinajstić information content (AvgIpc) is 2.36. The Morgan fingerprint density at radius 3 is 2.74 bits per heavy atom. The molecule has 0 aromatic heterocycles. The van der Waals surface area contributed by atoms with Gasteiger partial charge in [0.2, 0.25) is 0 Å². The predicted octanol–water partition coefficient (Wildman–Crippen LogP) is 3.67. The third kappa shape index (κ3) is 3.97. The molecule has 106 valence electrons. The minimum atomic E-state index is 0.133. The largest absolute Gasteiger partial charge is 0.493 e. The van der Waals surface area contributed by atoms with Gasteiger partial charge in [0.05, 0.1) is 6.61 Å². The van der Waals surface area contributed by atoms with E-state index in [0.717, 1.165) is 25.4 Å². The van der Waals surface area contributed by atoms with Crippen molar-refractivity contribution in [3.63, 3.8) is 0 Å². The summed E-state index contributed by atoms with van der Waals surface area (Å²) in [4.78, 5) is 0. The molecule has 1 unspecified atom stereocenters. The van der Waals surface area contributed by atoms with Crippen LogP contribution >= 0.6 is 0 Å². The molecule has 0 bridgehead atoms. The highest BCUT2D eigenvalue weighted by atomic mass is 16.5. The van der Waals surface area contributed by atoms with Gasteiger partial charge in [0, 0.05) is 12.5 Å². The van der Waals surface area contributed by atoms with Crippen molar-refractivity contribution < 1.29 is 4.74 Å². The molecule has 1 heterocycles. The van der Waals surface area contributed by atoms with Gasteiger partial charge in [-0.2, -0.15) is 0 Å². The van der Waals surface area contributed by atoms with Crippen molar-refractivity contribution >= 4 is 0 Å². The fraction of sp³-hybridized carbons (Fsp3) is 0.647. The molecule has 2 heteroatoms. The molecule has 0 saturated carbocycles. The van der Waals surface area contributed by atoms with E-state index in [9.17, 15) is 0 Å². The number of hydrogen-bond acceptors (Lipinski definition) is 2. The summed E-state index contributed by atoms with van der Waals surface area (Å²) in [6, 6.07) is 6.57. The van der Waals surface area contributed by atoms with Gasteiger partial charge in [-0.15, -0.1) is 0 Å². The molecule has 1 atom stereocenters. The van der Waals surface area contributed by atoms with Gasteiger partial charge in [0.15, 0.2) is 0 Å². The lowest BCUT2D eigenvalue weighted by Gasteiger charge is -2.26. The van der Waals surface area contributed by atoms with E-state index < -0.39 is 0 Å². The summed E-state index contributed by atoms with van der Waals surface area (Å²) in [6.45, 7) is 11.9. The first-order valence-corrected chi connectivity index (χ1v) is 7.41. The Bertz CT molecular complexity index is 414. The van der Waals surface area contributed by atoms with Crippen LogP contribution in [0.15, 0.2) is 18.2 Å². The Morgan fingerprint density at radius 2 is 2.11 bits per heavy atom. The molecular weight excluding hydrogens is 234 g/mol. The Kier molecular flexibility index (Phi) is 4.51. The fourth-order valence-corrected chi connectivity index (χ4v) is 2.64. The second-order valence-electron chi connectivity index (χ2n) is 6.77. The highest BCUT2D eigenvalue weighted by Crippen LogP contribution is 2.32. The van der Waals surface area contributed by atoms with E-state index in [1.165, 1.54) is 24.0 Å². The van der Waals surface area contributed by atoms with Crippen LogP contribution in [0.4, 0.5) is 0 Å². The Morgan fingerprint density at radius 1 is 1.32 bits per heavy atom. The van der Waals surface area contributed by atoms with Crippen LogP contribution in [0.25, 0.3) is 0 Å². The molecule has 0 radical (unpaired) electrons. The summed E-state index contributed by atoms with van der Waals surface area (Å²) < 4.78 is 6.14. The van der Waals surface area contributed by atoms with Crippen molar-refractivity contribution in [3.8, 4) is 5.75 Å². The van der Waals surface area contributed by atoms with Crippen LogP contribution in [0, 0.1) is 12.8 Å². The van der Waals surface area contributed by atoms with E-state index in [0.29, 0.717) is 5.92 Å². The summed E-state index contributed by atoms with van der Waals surface area (Å²) in [5, 5.41) is 3.45. The monoisotopic (exact) mass is 261 g/mol. The van der Waals surface area contributed by atoms with E-state index in [1.54, 1.807) is 0 Å². The first kappa shape index (κ1) is 14.4. The number of aryl methyl sites for hydroxylation is 1. The molecular formula is C17H27NO. The standard InChI is InChI=1S/C17H27NO/c1-13-7-8-15(17(2,3)4)16(10-13)19-12-14-6-5-9-18-11-14/h7-8,10,14,18H,5-6,9,11-12H2,1-4H3. The molecule has 1 fully saturated rings. The number of piperidine rings is 1. The average molecular weight is 261 g/mol. The van der Waals surface area contributed by atoms with Gasteiger partial charge >= 0.3 is 0 Å². The first-order chi connectivity index (χ1) is 8.97. The normalized spacial score (nSPS) is 20.3. The molecule has 1 aromatic carbocycles. The predicted molar refractivity (Wildman–Crippen MR) is 81.0 cm³/mol. The van der Waals surface area contributed by atoms with Crippen molar-refractivity contribution in [2.75, 3.05) is 19.7 Å². The molecule has 1 aliphatic heterocycles. The quantitative estimate of drug-likeness (QED) is 0.896. The molecule has 0 spiro atoms.